The molecule has 0 fully saturated rings. The molecule has 0 aliphatic carbocycles. The van der Waals surface area contributed by atoms with Gasteiger partial charge in [-0.1, -0.05) is 67.8 Å². The summed E-state index contributed by atoms with van der Waals surface area (Å²) in [5.41, 5.74) is 4.53. The zero-order chi connectivity index (χ0) is 27.5. The van der Waals surface area contributed by atoms with Crippen LogP contribution < -0.4 is 9.47 Å². The summed E-state index contributed by atoms with van der Waals surface area (Å²) >= 11 is 0. The topological polar surface area (TPSA) is 93.1 Å². The van der Waals surface area contributed by atoms with Gasteiger partial charge < -0.3 is 19.7 Å². The second-order valence-corrected chi connectivity index (χ2v) is 9.28. The maximum Gasteiger partial charge on any atom is 0.335 e. The Morgan fingerprint density at radius 2 is 0.718 bits per heavy atom. The first kappa shape index (κ1) is 27.5. The van der Waals surface area contributed by atoms with Gasteiger partial charge in [-0.05, 0) is 83.6 Å². The first-order valence-corrected chi connectivity index (χ1v) is 13.1. The molecule has 6 heteroatoms. The minimum absolute atomic E-state index is 0.279. The van der Waals surface area contributed by atoms with Crippen LogP contribution in [0.3, 0.4) is 0 Å². The van der Waals surface area contributed by atoms with Crippen molar-refractivity contribution in [2.45, 2.75) is 32.1 Å². The van der Waals surface area contributed by atoms with E-state index in [0.717, 1.165) is 65.9 Å². The van der Waals surface area contributed by atoms with Gasteiger partial charge in [0, 0.05) is 0 Å². The average molecular weight is 525 g/mol. The zero-order valence-corrected chi connectivity index (χ0v) is 21.7. The Morgan fingerprint density at radius 1 is 0.436 bits per heavy atom. The number of carboxylic acid groups (broad SMARTS) is 2. The van der Waals surface area contributed by atoms with Crippen molar-refractivity contribution in [1.29, 1.82) is 0 Å². The lowest BCUT2D eigenvalue weighted by atomic mass is 10.0. The van der Waals surface area contributed by atoms with Crippen LogP contribution in [0.4, 0.5) is 0 Å². The lowest BCUT2D eigenvalue weighted by Crippen LogP contribution is -1.99. The van der Waals surface area contributed by atoms with E-state index in [4.69, 9.17) is 19.7 Å². The molecule has 0 amide bonds. The summed E-state index contributed by atoms with van der Waals surface area (Å²) < 4.78 is 11.7. The smallest absolute Gasteiger partial charge is 0.335 e. The van der Waals surface area contributed by atoms with E-state index in [-0.39, 0.29) is 11.1 Å². The maximum absolute atomic E-state index is 11.0. The molecule has 0 radical (unpaired) electrons. The fraction of sp³-hybridized carbons (Fsp3) is 0.212. The van der Waals surface area contributed by atoms with Crippen molar-refractivity contribution in [1.82, 2.24) is 0 Å². The number of benzene rings is 4. The van der Waals surface area contributed by atoms with E-state index in [9.17, 15) is 9.59 Å². The van der Waals surface area contributed by atoms with Gasteiger partial charge in [-0.2, -0.15) is 0 Å². The highest BCUT2D eigenvalue weighted by Crippen LogP contribution is 2.24. The molecule has 0 aliphatic heterocycles. The van der Waals surface area contributed by atoms with Crippen LogP contribution in [-0.2, 0) is 0 Å². The highest BCUT2D eigenvalue weighted by atomic mass is 16.5. The molecule has 39 heavy (non-hydrogen) atoms. The van der Waals surface area contributed by atoms with Gasteiger partial charge in [-0.3, -0.25) is 0 Å². The van der Waals surface area contributed by atoms with Crippen LogP contribution in [0.15, 0.2) is 97.1 Å². The van der Waals surface area contributed by atoms with E-state index in [1.165, 1.54) is 0 Å². The number of hydrogen-bond acceptors (Lipinski definition) is 4. The average Bonchev–Trinajstić information content (AvgIpc) is 2.97. The molecule has 0 bridgehead atoms. The number of carbonyl (C=O) groups is 2. The molecular weight excluding hydrogens is 492 g/mol. The van der Waals surface area contributed by atoms with Crippen LogP contribution in [0.1, 0.15) is 52.8 Å². The van der Waals surface area contributed by atoms with E-state index < -0.39 is 11.9 Å². The predicted molar refractivity (Wildman–Crippen MR) is 152 cm³/mol. The Balaban J connectivity index is 1.07. The number of ether oxygens (including phenoxy) is 2. The first-order valence-electron chi connectivity index (χ1n) is 13.1. The van der Waals surface area contributed by atoms with Crippen molar-refractivity contribution in [3.05, 3.63) is 108 Å². The van der Waals surface area contributed by atoms with Crippen molar-refractivity contribution in [2.75, 3.05) is 13.2 Å². The summed E-state index contributed by atoms with van der Waals surface area (Å²) in [5, 5.41) is 18.0. The van der Waals surface area contributed by atoms with Crippen LogP contribution >= 0.6 is 0 Å². The van der Waals surface area contributed by atoms with Crippen molar-refractivity contribution < 1.29 is 29.3 Å². The third-order valence-corrected chi connectivity index (χ3v) is 6.47. The number of aromatic carboxylic acids is 2. The summed E-state index contributed by atoms with van der Waals surface area (Å²) in [6.07, 6.45) is 5.32. The molecular formula is C33H32O6. The Labute approximate surface area is 228 Å². The Morgan fingerprint density at radius 3 is 1.03 bits per heavy atom. The van der Waals surface area contributed by atoms with Gasteiger partial charge in [0.1, 0.15) is 11.5 Å². The molecule has 200 valence electrons. The second kappa shape index (κ2) is 13.8. The highest BCUT2D eigenvalue weighted by Gasteiger charge is 2.05. The van der Waals surface area contributed by atoms with Gasteiger partial charge in [-0.15, -0.1) is 0 Å². The fourth-order valence-electron chi connectivity index (χ4n) is 4.21. The number of rotatable bonds is 14. The monoisotopic (exact) mass is 524 g/mol. The summed E-state index contributed by atoms with van der Waals surface area (Å²) in [6, 6.07) is 29.4. The normalized spacial score (nSPS) is 10.7. The van der Waals surface area contributed by atoms with Crippen molar-refractivity contribution in [3.8, 4) is 33.8 Å². The SMILES string of the molecule is O=C(O)c1ccc(-c2ccc(OCCCCCCCOc3ccc(-c4ccc(C(=O)O)cc4)cc3)cc2)cc1. The first-order chi connectivity index (χ1) is 19.0. The summed E-state index contributed by atoms with van der Waals surface area (Å²) in [6.45, 7) is 1.35. The largest absolute Gasteiger partial charge is 0.494 e. The third kappa shape index (κ3) is 8.20. The van der Waals surface area contributed by atoms with Crippen LogP contribution in [0, 0.1) is 0 Å². The van der Waals surface area contributed by atoms with Crippen molar-refractivity contribution in [3.63, 3.8) is 0 Å². The molecule has 0 aromatic heterocycles. The van der Waals surface area contributed by atoms with E-state index in [2.05, 4.69) is 0 Å². The van der Waals surface area contributed by atoms with Crippen LogP contribution in [0.25, 0.3) is 22.3 Å². The number of carboxylic acids is 2. The quantitative estimate of drug-likeness (QED) is 0.163. The Kier molecular flexibility index (Phi) is 9.73. The highest BCUT2D eigenvalue weighted by molar-refractivity contribution is 5.89. The Hall–Kier alpha value is -4.58. The molecule has 0 saturated carbocycles. The van der Waals surface area contributed by atoms with Gasteiger partial charge in [0.05, 0.1) is 24.3 Å². The molecule has 4 aromatic carbocycles. The zero-order valence-electron chi connectivity index (χ0n) is 21.7. The van der Waals surface area contributed by atoms with E-state index >= 15 is 0 Å². The molecule has 0 saturated heterocycles. The lowest BCUT2D eigenvalue weighted by Gasteiger charge is -2.09. The molecule has 6 nitrogen and oxygen atoms in total. The van der Waals surface area contributed by atoms with Gasteiger partial charge in [0.15, 0.2) is 0 Å². The molecule has 0 heterocycles. The lowest BCUT2D eigenvalue weighted by molar-refractivity contribution is 0.0686. The predicted octanol–water partition coefficient (Wildman–Crippen LogP) is 7.83. The molecule has 0 atom stereocenters. The van der Waals surface area contributed by atoms with E-state index in [0.29, 0.717) is 13.2 Å². The Bertz CT molecular complexity index is 1230. The second-order valence-electron chi connectivity index (χ2n) is 9.28. The summed E-state index contributed by atoms with van der Waals surface area (Å²) in [4.78, 5) is 22.0. The van der Waals surface area contributed by atoms with Crippen LogP contribution in [-0.4, -0.2) is 35.4 Å². The molecule has 4 aromatic rings. The van der Waals surface area contributed by atoms with Crippen LogP contribution in [0.2, 0.25) is 0 Å². The number of unbranched alkanes of at least 4 members (excludes halogenated alkanes) is 4. The number of hydrogen-bond donors (Lipinski definition) is 2. The minimum atomic E-state index is -0.925. The molecule has 2 N–H and O–H groups in total. The van der Waals surface area contributed by atoms with Gasteiger partial charge in [0.2, 0.25) is 0 Å². The minimum Gasteiger partial charge on any atom is -0.494 e. The van der Waals surface area contributed by atoms with E-state index in [1.807, 2.05) is 72.8 Å². The standard InChI is InChI=1S/C33H32O6/c34-32(35)28-10-6-24(7-11-28)26-14-18-30(19-15-26)38-22-4-2-1-3-5-23-39-31-20-16-27(17-21-31)25-8-12-29(13-9-25)33(36)37/h6-21H,1-5,22-23H2,(H,34,35)(H,36,37). The van der Waals surface area contributed by atoms with E-state index in [1.54, 1.807) is 24.3 Å². The van der Waals surface area contributed by atoms with Gasteiger partial charge in [0.25, 0.3) is 0 Å². The molecule has 0 aliphatic rings. The maximum atomic E-state index is 11.0. The van der Waals surface area contributed by atoms with Gasteiger partial charge in [-0.25, -0.2) is 9.59 Å². The molecule has 0 spiro atoms. The van der Waals surface area contributed by atoms with Crippen LogP contribution in [0.5, 0.6) is 11.5 Å². The third-order valence-electron chi connectivity index (χ3n) is 6.47. The molecule has 0 unspecified atom stereocenters. The van der Waals surface area contributed by atoms with Crippen molar-refractivity contribution in [2.24, 2.45) is 0 Å². The fourth-order valence-corrected chi connectivity index (χ4v) is 4.21. The molecule has 4 rings (SSSR count). The van der Waals surface area contributed by atoms with Crippen molar-refractivity contribution >= 4 is 11.9 Å². The van der Waals surface area contributed by atoms with Gasteiger partial charge >= 0.3 is 11.9 Å². The summed E-state index contributed by atoms with van der Waals surface area (Å²) in [5.74, 6) is -0.188. The summed E-state index contributed by atoms with van der Waals surface area (Å²) in [7, 11) is 0.